The number of non-ortho nitro benzene ring substituents is 1. The van der Waals surface area contributed by atoms with Crippen molar-refractivity contribution in [3.8, 4) is 0 Å². The Morgan fingerprint density at radius 3 is 2.73 bits per heavy atom. The summed E-state index contributed by atoms with van der Waals surface area (Å²) in [6.07, 6.45) is 0. The van der Waals surface area contributed by atoms with E-state index in [1.54, 1.807) is 0 Å². The van der Waals surface area contributed by atoms with E-state index in [-0.39, 0.29) is 35.7 Å². The zero-order valence-electron chi connectivity index (χ0n) is 12.3. The van der Waals surface area contributed by atoms with E-state index >= 15 is 0 Å². The van der Waals surface area contributed by atoms with Crippen molar-refractivity contribution in [2.45, 2.75) is 24.8 Å². The van der Waals surface area contributed by atoms with Crippen LogP contribution < -0.4 is 15.8 Å². The van der Waals surface area contributed by atoms with Gasteiger partial charge in [-0.3, -0.25) is 15.1 Å². The number of rotatable bonds is 7. The van der Waals surface area contributed by atoms with Gasteiger partial charge in [-0.25, -0.2) is 13.1 Å². The lowest BCUT2D eigenvalue weighted by Gasteiger charge is -2.09. The van der Waals surface area contributed by atoms with Gasteiger partial charge in [-0.05, 0) is 19.9 Å². The maximum absolute atomic E-state index is 12.0. The summed E-state index contributed by atoms with van der Waals surface area (Å²) < 4.78 is 26.3. The molecule has 0 radical (unpaired) electrons. The topological polar surface area (TPSA) is 140 Å². The molecule has 0 spiro atoms. The molecule has 9 nitrogen and oxygen atoms in total. The summed E-state index contributed by atoms with van der Waals surface area (Å²) in [5.41, 5.74) is 5.29. The molecule has 0 unspecified atom stereocenters. The molecule has 1 aromatic rings. The van der Waals surface area contributed by atoms with Crippen LogP contribution in [0, 0.1) is 10.1 Å². The highest BCUT2D eigenvalue weighted by atomic mass is 32.2. The third-order valence-corrected chi connectivity index (χ3v) is 3.92. The van der Waals surface area contributed by atoms with Gasteiger partial charge in [-0.1, -0.05) is 6.07 Å². The maximum atomic E-state index is 12.0. The van der Waals surface area contributed by atoms with Crippen molar-refractivity contribution in [3.05, 3.63) is 34.4 Å². The second-order valence-electron chi connectivity index (χ2n) is 4.72. The largest absolute Gasteiger partial charge is 0.370 e. The smallest absolute Gasteiger partial charge is 0.270 e. The molecule has 0 saturated heterocycles. The summed E-state index contributed by atoms with van der Waals surface area (Å²) in [5.74, 6) is 0.226. The number of nitrogens with two attached hydrogens (primary N) is 1. The first-order chi connectivity index (χ1) is 10.2. The Hall–Kier alpha value is -2.20. The van der Waals surface area contributed by atoms with Crippen LogP contribution in [0.2, 0.25) is 0 Å². The molecule has 0 aliphatic heterocycles. The minimum Gasteiger partial charge on any atom is -0.370 e. The fraction of sp³-hybridized carbons (Fsp3) is 0.417. The fourth-order valence-electron chi connectivity index (χ4n) is 1.55. The lowest BCUT2D eigenvalue weighted by Crippen LogP contribution is -2.37. The number of nitrogens with one attached hydrogen (secondary N) is 2. The quantitative estimate of drug-likeness (QED) is 0.214. The lowest BCUT2D eigenvalue weighted by molar-refractivity contribution is -0.385. The van der Waals surface area contributed by atoms with E-state index in [4.69, 9.17) is 5.73 Å². The lowest BCUT2D eigenvalue weighted by atomic mass is 10.3. The van der Waals surface area contributed by atoms with Crippen molar-refractivity contribution in [3.63, 3.8) is 0 Å². The van der Waals surface area contributed by atoms with Crippen LogP contribution in [0.25, 0.3) is 0 Å². The number of guanidine groups is 1. The average Bonchev–Trinajstić information content (AvgIpc) is 2.43. The molecule has 122 valence electrons. The second-order valence-corrected chi connectivity index (χ2v) is 6.49. The first kappa shape index (κ1) is 17.9. The molecule has 0 saturated carbocycles. The van der Waals surface area contributed by atoms with Gasteiger partial charge in [-0.2, -0.15) is 0 Å². The van der Waals surface area contributed by atoms with Crippen molar-refractivity contribution >= 4 is 21.7 Å². The summed E-state index contributed by atoms with van der Waals surface area (Å²) in [6, 6.07) is 4.95. The van der Waals surface area contributed by atoms with Crippen LogP contribution in [0.4, 0.5) is 5.69 Å². The molecule has 0 aliphatic carbocycles. The van der Waals surface area contributed by atoms with Gasteiger partial charge in [0.2, 0.25) is 10.0 Å². The normalized spacial score (nSPS) is 12.4. The van der Waals surface area contributed by atoms with Crippen LogP contribution in [0.5, 0.6) is 0 Å². The molecule has 1 aromatic carbocycles. The number of nitro groups is 1. The Bertz CT molecular complexity index is 657. The zero-order chi connectivity index (χ0) is 16.8. The first-order valence-electron chi connectivity index (χ1n) is 6.53. The third-order valence-electron chi connectivity index (χ3n) is 2.46. The molecule has 0 bridgehead atoms. The summed E-state index contributed by atoms with van der Waals surface area (Å²) in [4.78, 5) is 13.8. The summed E-state index contributed by atoms with van der Waals surface area (Å²) in [6.45, 7) is 3.98. The van der Waals surface area contributed by atoms with Gasteiger partial charge in [0, 0.05) is 24.7 Å². The Morgan fingerprint density at radius 1 is 1.45 bits per heavy atom. The Balaban J connectivity index is 2.65. The molecule has 0 atom stereocenters. The van der Waals surface area contributed by atoms with Crippen molar-refractivity contribution < 1.29 is 13.3 Å². The van der Waals surface area contributed by atoms with Crippen molar-refractivity contribution in [1.29, 1.82) is 0 Å². The van der Waals surface area contributed by atoms with Crippen molar-refractivity contribution in [2.75, 3.05) is 13.1 Å². The highest BCUT2D eigenvalue weighted by molar-refractivity contribution is 7.89. The van der Waals surface area contributed by atoms with Crippen molar-refractivity contribution in [1.82, 2.24) is 10.0 Å². The third kappa shape index (κ3) is 5.66. The maximum Gasteiger partial charge on any atom is 0.270 e. The molecule has 0 heterocycles. The minimum absolute atomic E-state index is 0.0332. The van der Waals surface area contributed by atoms with Crippen LogP contribution in [0.3, 0.4) is 0 Å². The van der Waals surface area contributed by atoms with Gasteiger partial charge in [-0.15, -0.1) is 0 Å². The Labute approximate surface area is 128 Å². The van der Waals surface area contributed by atoms with Gasteiger partial charge in [0.1, 0.15) is 0 Å². The molecule has 4 N–H and O–H groups in total. The molecule has 0 aromatic heterocycles. The van der Waals surface area contributed by atoms with Gasteiger partial charge in [0.15, 0.2) is 5.96 Å². The molecule has 0 amide bonds. The number of aliphatic imine (C=N–C) groups is 1. The average molecular weight is 329 g/mol. The summed E-state index contributed by atoms with van der Waals surface area (Å²) in [7, 11) is -3.82. The van der Waals surface area contributed by atoms with Crippen LogP contribution >= 0.6 is 0 Å². The SMILES string of the molecule is CC(C)NC(N)=NCCNS(=O)(=O)c1cccc([N+](=O)[O-])c1. The Morgan fingerprint density at radius 2 is 2.14 bits per heavy atom. The molecular weight excluding hydrogens is 310 g/mol. The molecule has 10 heteroatoms. The van der Waals surface area contributed by atoms with E-state index in [0.717, 1.165) is 6.07 Å². The molecule has 1 rings (SSSR count). The van der Waals surface area contributed by atoms with E-state index in [0.29, 0.717) is 0 Å². The van der Waals surface area contributed by atoms with Crippen molar-refractivity contribution in [2.24, 2.45) is 10.7 Å². The summed E-state index contributed by atoms with van der Waals surface area (Å²) >= 11 is 0. The highest BCUT2D eigenvalue weighted by Crippen LogP contribution is 2.16. The van der Waals surface area contributed by atoms with E-state index in [2.05, 4.69) is 15.0 Å². The van der Waals surface area contributed by atoms with Crippen LogP contribution in [-0.2, 0) is 10.0 Å². The van der Waals surface area contributed by atoms with Crippen LogP contribution in [-0.4, -0.2) is 38.4 Å². The Kier molecular flexibility index (Phi) is 6.25. The second kappa shape index (κ2) is 7.71. The predicted octanol–water partition coefficient (Wildman–Crippen LogP) is 0.186. The van der Waals surface area contributed by atoms with Gasteiger partial charge >= 0.3 is 0 Å². The van der Waals surface area contributed by atoms with Crippen LogP contribution in [0.15, 0.2) is 34.2 Å². The van der Waals surface area contributed by atoms with E-state index < -0.39 is 14.9 Å². The summed E-state index contributed by atoms with van der Waals surface area (Å²) in [5, 5.41) is 13.5. The van der Waals surface area contributed by atoms with Gasteiger partial charge < -0.3 is 11.1 Å². The standard InChI is InChI=1S/C12H19N5O4S/c1-9(2)16-12(13)14-6-7-15-22(20,21)11-5-3-4-10(8-11)17(18)19/h3-5,8-9,15H,6-7H2,1-2H3,(H3,13,14,16). The number of nitrogens with zero attached hydrogens (tertiary/aromatic N) is 2. The number of hydrogen-bond donors (Lipinski definition) is 3. The van der Waals surface area contributed by atoms with E-state index in [1.807, 2.05) is 13.8 Å². The molecule has 22 heavy (non-hydrogen) atoms. The number of benzene rings is 1. The van der Waals surface area contributed by atoms with Crippen LogP contribution in [0.1, 0.15) is 13.8 Å². The predicted molar refractivity (Wildman–Crippen MR) is 83.0 cm³/mol. The minimum atomic E-state index is -3.82. The number of hydrogen-bond acceptors (Lipinski definition) is 5. The molecule has 0 fully saturated rings. The number of sulfonamides is 1. The monoisotopic (exact) mass is 329 g/mol. The number of nitro benzene ring substituents is 1. The van der Waals surface area contributed by atoms with Gasteiger partial charge in [0.05, 0.1) is 16.4 Å². The van der Waals surface area contributed by atoms with E-state index in [9.17, 15) is 18.5 Å². The van der Waals surface area contributed by atoms with E-state index in [1.165, 1.54) is 18.2 Å². The van der Waals surface area contributed by atoms with Gasteiger partial charge in [0.25, 0.3) is 5.69 Å². The molecular formula is C12H19N5O4S. The molecule has 0 aliphatic rings. The fourth-order valence-corrected chi connectivity index (χ4v) is 2.61. The first-order valence-corrected chi connectivity index (χ1v) is 8.01. The highest BCUT2D eigenvalue weighted by Gasteiger charge is 2.16. The zero-order valence-corrected chi connectivity index (χ0v) is 13.1.